The Morgan fingerprint density at radius 3 is 2.44 bits per heavy atom. The summed E-state index contributed by atoms with van der Waals surface area (Å²) in [6.07, 6.45) is 8.41. The highest BCUT2D eigenvalue weighted by Crippen LogP contribution is 2.25. The number of piperidine rings is 1. The minimum Gasteiger partial charge on any atom is -0.381 e. The van der Waals surface area contributed by atoms with Gasteiger partial charge in [0.25, 0.3) is 0 Å². The van der Waals surface area contributed by atoms with E-state index in [-0.39, 0.29) is 12.4 Å². The van der Waals surface area contributed by atoms with E-state index in [2.05, 4.69) is 17.3 Å². The Morgan fingerprint density at radius 1 is 1.17 bits per heavy atom. The third-order valence-corrected chi connectivity index (χ3v) is 4.55. The zero-order valence-electron chi connectivity index (χ0n) is 11.9. The molecule has 2 aliphatic rings. The molecule has 1 saturated carbocycles. The molecule has 1 aliphatic heterocycles. The average molecular weight is 277 g/mol. The van der Waals surface area contributed by atoms with Crippen LogP contribution in [0.4, 0.5) is 0 Å². The lowest BCUT2D eigenvalue weighted by Crippen LogP contribution is -2.42. The number of nitrogens with zero attached hydrogens (tertiary/aromatic N) is 1. The normalized spacial score (nSPS) is 33.2. The van der Waals surface area contributed by atoms with Crippen molar-refractivity contribution in [1.29, 1.82) is 0 Å². The Labute approximate surface area is 118 Å². The Balaban J connectivity index is 0.00000162. The zero-order valence-corrected chi connectivity index (χ0v) is 12.7. The minimum absolute atomic E-state index is 0. The second-order valence-corrected chi connectivity index (χ2v) is 5.82. The standard InChI is InChI=1S/C14H28N2O.ClH/c1-16(11-12-4-3-9-15-10-12)13-5-7-14(17-2)8-6-13;/h12-15H,3-11H2,1-2H3;1H. The molecule has 3 nitrogen and oxygen atoms in total. The van der Waals surface area contributed by atoms with Crippen LogP contribution in [0.25, 0.3) is 0 Å². The van der Waals surface area contributed by atoms with Gasteiger partial charge in [-0.1, -0.05) is 0 Å². The van der Waals surface area contributed by atoms with E-state index in [1.54, 1.807) is 0 Å². The summed E-state index contributed by atoms with van der Waals surface area (Å²) in [5.74, 6) is 0.869. The monoisotopic (exact) mass is 276 g/mol. The molecule has 18 heavy (non-hydrogen) atoms. The molecule has 4 heteroatoms. The first-order valence-electron chi connectivity index (χ1n) is 7.23. The van der Waals surface area contributed by atoms with Crippen molar-refractivity contribution in [3.63, 3.8) is 0 Å². The van der Waals surface area contributed by atoms with Crippen LogP contribution >= 0.6 is 12.4 Å². The summed E-state index contributed by atoms with van der Waals surface area (Å²) < 4.78 is 5.44. The molecule has 2 fully saturated rings. The van der Waals surface area contributed by atoms with Gasteiger partial charge in [0.2, 0.25) is 0 Å². The Hall–Kier alpha value is 0.170. The van der Waals surface area contributed by atoms with E-state index >= 15 is 0 Å². The number of nitrogens with one attached hydrogen (secondary N) is 1. The molecule has 1 unspecified atom stereocenters. The van der Waals surface area contributed by atoms with Gasteiger partial charge in [0.15, 0.2) is 0 Å². The average Bonchev–Trinajstić information content (AvgIpc) is 2.40. The topological polar surface area (TPSA) is 24.5 Å². The van der Waals surface area contributed by atoms with E-state index < -0.39 is 0 Å². The van der Waals surface area contributed by atoms with Gasteiger partial charge in [-0.2, -0.15) is 0 Å². The van der Waals surface area contributed by atoms with Crippen molar-refractivity contribution in [3.05, 3.63) is 0 Å². The molecule has 0 amide bonds. The van der Waals surface area contributed by atoms with Crippen molar-refractivity contribution in [2.45, 2.75) is 50.7 Å². The Kier molecular flexibility index (Phi) is 7.54. The SMILES string of the molecule is COC1CCC(N(C)CC2CCCNC2)CC1.Cl. The molecule has 1 heterocycles. The second-order valence-electron chi connectivity index (χ2n) is 5.82. The largest absolute Gasteiger partial charge is 0.381 e. The van der Waals surface area contributed by atoms with E-state index in [1.165, 1.54) is 58.2 Å². The Morgan fingerprint density at radius 2 is 1.89 bits per heavy atom. The summed E-state index contributed by atoms with van der Waals surface area (Å²) in [6.45, 7) is 3.71. The highest BCUT2D eigenvalue weighted by Gasteiger charge is 2.25. The van der Waals surface area contributed by atoms with Crippen molar-refractivity contribution < 1.29 is 4.74 Å². The smallest absolute Gasteiger partial charge is 0.0572 e. The molecule has 0 aromatic carbocycles. The molecule has 1 saturated heterocycles. The molecule has 108 valence electrons. The predicted molar refractivity (Wildman–Crippen MR) is 78.5 cm³/mol. The van der Waals surface area contributed by atoms with Crippen molar-refractivity contribution in [2.24, 2.45) is 5.92 Å². The second kappa shape index (κ2) is 8.36. The zero-order chi connectivity index (χ0) is 12.1. The van der Waals surface area contributed by atoms with E-state index in [4.69, 9.17) is 4.74 Å². The Bertz CT molecular complexity index is 214. The van der Waals surface area contributed by atoms with Gasteiger partial charge in [-0.15, -0.1) is 12.4 Å². The van der Waals surface area contributed by atoms with Crippen LogP contribution in [0.15, 0.2) is 0 Å². The van der Waals surface area contributed by atoms with Gasteiger partial charge >= 0.3 is 0 Å². The van der Waals surface area contributed by atoms with Gasteiger partial charge in [-0.05, 0) is 64.6 Å². The third-order valence-electron chi connectivity index (χ3n) is 4.55. The van der Waals surface area contributed by atoms with Crippen molar-refractivity contribution in [3.8, 4) is 0 Å². The number of hydrogen-bond acceptors (Lipinski definition) is 3. The van der Waals surface area contributed by atoms with Crippen LogP contribution in [0.2, 0.25) is 0 Å². The molecule has 1 N–H and O–H groups in total. The summed E-state index contributed by atoms with van der Waals surface area (Å²) in [7, 11) is 4.16. The molecule has 0 radical (unpaired) electrons. The first-order valence-corrected chi connectivity index (χ1v) is 7.23. The van der Waals surface area contributed by atoms with Gasteiger partial charge in [-0.25, -0.2) is 0 Å². The lowest BCUT2D eigenvalue weighted by molar-refractivity contribution is 0.0403. The number of rotatable bonds is 4. The quantitative estimate of drug-likeness (QED) is 0.853. The summed E-state index contributed by atoms with van der Waals surface area (Å²) in [5, 5.41) is 3.51. The highest BCUT2D eigenvalue weighted by atomic mass is 35.5. The summed E-state index contributed by atoms with van der Waals surface area (Å²) >= 11 is 0. The van der Waals surface area contributed by atoms with Crippen LogP contribution in [0, 0.1) is 5.92 Å². The van der Waals surface area contributed by atoms with E-state index in [1.807, 2.05) is 7.11 Å². The molecule has 2 rings (SSSR count). The van der Waals surface area contributed by atoms with Gasteiger partial charge in [0, 0.05) is 19.7 Å². The lowest BCUT2D eigenvalue weighted by atomic mass is 9.91. The molecule has 0 bridgehead atoms. The molecule has 0 aromatic rings. The van der Waals surface area contributed by atoms with Crippen LogP contribution in [0.5, 0.6) is 0 Å². The molecular weight excluding hydrogens is 248 g/mol. The molecule has 1 atom stereocenters. The van der Waals surface area contributed by atoms with Crippen LogP contribution in [-0.2, 0) is 4.74 Å². The molecule has 0 spiro atoms. The maximum atomic E-state index is 5.44. The summed E-state index contributed by atoms with van der Waals surface area (Å²) in [4.78, 5) is 2.60. The summed E-state index contributed by atoms with van der Waals surface area (Å²) in [6, 6.07) is 0.795. The van der Waals surface area contributed by atoms with Gasteiger partial charge in [0.05, 0.1) is 6.10 Å². The maximum absolute atomic E-state index is 5.44. The maximum Gasteiger partial charge on any atom is 0.0572 e. The fourth-order valence-corrected chi connectivity index (χ4v) is 3.36. The van der Waals surface area contributed by atoms with E-state index in [0.717, 1.165) is 12.0 Å². The van der Waals surface area contributed by atoms with Gasteiger partial charge in [-0.3, -0.25) is 0 Å². The number of methoxy groups -OCH3 is 1. The van der Waals surface area contributed by atoms with Gasteiger partial charge in [0.1, 0.15) is 0 Å². The minimum atomic E-state index is 0. The van der Waals surface area contributed by atoms with E-state index in [0.29, 0.717) is 6.10 Å². The van der Waals surface area contributed by atoms with Crippen molar-refractivity contribution in [1.82, 2.24) is 10.2 Å². The predicted octanol–water partition coefficient (Wildman–Crippen LogP) is 2.30. The number of halogens is 1. The van der Waals surface area contributed by atoms with Crippen LogP contribution in [0.1, 0.15) is 38.5 Å². The molecular formula is C14H29ClN2O. The molecule has 1 aliphatic carbocycles. The fraction of sp³-hybridized carbons (Fsp3) is 1.00. The first-order chi connectivity index (χ1) is 8.29. The number of ether oxygens (including phenoxy) is 1. The lowest BCUT2D eigenvalue weighted by Gasteiger charge is -2.36. The first kappa shape index (κ1) is 16.2. The number of hydrogen-bond donors (Lipinski definition) is 1. The molecule has 0 aromatic heterocycles. The van der Waals surface area contributed by atoms with Crippen molar-refractivity contribution in [2.75, 3.05) is 33.8 Å². The van der Waals surface area contributed by atoms with Crippen molar-refractivity contribution >= 4 is 12.4 Å². The van der Waals surface area contributed by atoms with Crippen LogP contribution in [0.3, 0.4) is 0 Å². The van der Waals surface area contributed by atoms with Crippen LogP contribution in [-0.4, -0.2) is 50.8 Å². The van der Waals surface area contributed by atoms with Gasteiger partial charge < -0.3 is 15.0 Å². The highest BCUT2D eigenvalue weighted by molar-refractivity contribution is 5.85. The van der Waals surface area contributed by atoms with E-state index in [9.17, 15) is 0 Å². The van der Waals surface area contributed by atoms with Crippen LogP contribution < -0.4 is 5.32 Å². The third kappa shape index (κ3) is 4.69. The summed E-state index contributed by atoms with van der Waals surface area (Å²) in [5.41, 5.74) is 0. The fourth-order valence-electron chi connectivity index (χ4n) is 3.36.